The standard InChI is InChI=1S/C14H18ClNO3/c1-3-11-8-19-9(2)7-16(11)13-5-4-10(15)6-12(13)14(17)18/h4-6,9,11H,3,7-8H2,1-2H3,(H,17,18). The monoisotopic (exact) mass is 283 g/mol. The molecule has 0 aromatic heterocycles. The molecule has 5 heteroatoms. The number of carboxylic acids is 1. The van der Waals surface area contributed by atoms with Crippen molar-refractivity contribution in [2.75, 3.05) is 18.1 Å². The minimum Gasteiger partial charge on any atom is -0.478 e. The maximum Gasteiger partial charge on any atom is 0.337 e. The Morgan fingerprint density at radius 3 is 2.95 bits per heavy atom. The van der Waals surface area contributed by atoms with Gasteiger partial charge in [-0.3, -0.25) is 0 Å². The van der Waals surface area contributed by atoms with Crippen LogP contribution in [-0.2, 0) is 4.74 Å². The van der Waals surface area contributed by atoms with Crippen LogP contribution >= 0.6 is 11.6 Å². The maximum atomic E-state index is 11.4. The number of carbonyl (C=O) groups is 1. The van der Waals surface area contributed by atoms with E-state index in [4.69, 9.17) is 16.3 Å². The maximum absolute atomic E-state index is 11.4. The molecular formula is C14H18ClNO3. The number of hydrogen-bond acceptors (Lipinski definition) is 3. The number of aromatic carboxylic acids is 1. The van der Waals surface area contributed by atoms with Crippen LogP contribution in [-0.4, -0.2) is 36.4 Å². The van der Waals surface area contributed by atoms with Gasteiger partial charge in [-0.2, -0.15) is 0 Å². The highest BCUT2D eigenvalue weighted by Gasteiger charge is 2.28. The van der Waals surface area contributed by atoms with Gasteiger partial charge in [0, 0.05) is 11.6 Å². The summed E-state index contributed by atoms with van der Waals surface area (Å²) in [5.74, 6) is -0.952. The predicted molar refractivity (Wildman–Crippen MR) is 75.3 cm³/mol. The van der Waals surface area contributed by atoms with Gasteiger partial charge < -0.3 is 14.7 Å². The normalized spacial score (nSPS) is 23.4. The summed E-state index contributed by atoms with van der Waals surface area (Å²) in [4.78, 5) is 13.5. The van der Waals surface area contributed by atoms with Crippen molar-refractivity contribution in [3.05, 3.63) is 28.8 Å². The van der Waals surface area contributed by atoms with Gasteiger partial charge in [0.2, 0.25) is 0 Å². The van der Waals surface area contributed by atoms with Crippen LogP contribution in [0.3, 0.4) is 0 Å². The summed E-state index contributed by atoms with van der Waals surface area (Å²) in [6.07, 6.45) is 1.01. The van der Waals surface area contributed by atoms with E-state index in [9.17, 15) is 9.90 Å². The predicted octanol–water partition coefficient (Wildman–Crippen LogP) is 3.04. The average Bonchev–Trinajstić information content (AvgIpc) is 2.38. The van der Waals surface area contributed by atoms with Crippen LogP contribution in [0.15, 0.2) is 18.2 Å². The van der Waals surface area contributed by atoms with Gasteiger partial charge in [0.15, 0.2) is 0 Å². The molecule has 2 rings (SSSR count). The highest BCUT2D eigenvalue weighted by molar-refractivity contribution is 6.31. The fraction of sp³-hybridized carbons (Fsp3) is 0.500. The van der Waals surface area contributed by atoms with Gasteiger partial charge in [-0.1, -0.05) is 18.5 Å². The molecule has 0 bridgehead atoms. The molecule has 19 heavy (non-hydrogen) atoms. The number of rotatable bonds is 3. The highest BCUT2D eigenvalue weighted by atomic mass is 35.5. The molecule has 0 amide bonds. The fourth-order valence-electron chi connectivity index (χ4n) is 2.41. The lowest BCUT2D eigenvalue weighted by Crippen LogP contribution is -2.49. The molecule has 2 unspecified atom stereocenters. The van der Waals surface area contributed by atoms with Gasteiger partial charge in [-0.05, 0) is 31.5 Å². The molecule has 1 aliphatic rings. The molecular weight excluding hydrogens is 266 g/mol. The molecule has 2 atom stereocenters. The second-order valence-corrected chi connectivity index (χ2v) is 5.26. The lowest BCUT2D eigenvalue weighted by molar-refractivity contribution is 0.0297. The van der Waals surface area contributed by atoms with Crippen molar-refractivity contribution in [3.63, 3.8) is 0 Å². The number of morpholine rings is 1. The first-order valence-corrected chi connectivity index (χ1v) is 6.81. The molecule has 104 valence electrons. The summed E-state index contributed by atoms with van der Waals surface area (Å²) < 4.78 is 5.64. The van der Waals surface area contributed by atoms with Crippen molar-refractivity contribution in [3.8, 4) is 0 Å². The van der Waals surface area contributed by atoms with E-state index >= 15 is 0 Å². The van der Waals surface area contributed by atoms with Crippen molar-refractivity contribution in [2.24, 2.45) is 0 Å². The van der Waals surface area contributed by atoms with Crippen molar-refractivity contribution in [1.29, 1.82) is 0 Å². The molecule has 1 saturated heterocycles. The van der Waals surface area contributed by atoms with Crippen LogP contribution in [0.2, 0.25) is 5.02 Å². The van der Waals surface area contributed by atoms with E-state index in [-0.39, 0.29) is 17.7 Å². The summed E-state index contributed by atoms with van der Waals surface area (Å²) in [6, 6.07) is 5.23. The topological polar surface area (TPSA) is 49.8 Å². The Hall–Kier alpha value is -1.26. The van der Waals surface area contributed by atoms with Crippen LogP contribution in [0.1, 0.15) is 30.6 Å². The fourth-order valence-corrected chi connectivity index (χ4v) is 2.58. The SMILES string of the molecule is CCC1COC(C)CN1c1ccc(Cl)cc1C(=O)O. The third-order valence-corrected chi connectivity index (χ3v) is 3.67. The summed E-state index contributed by atoms with van der Waals surface area (Å²) >= 11 is 5.89. The number of halogens is 1. The zero-order chi connectivity index (χ0) is 14.0. The van der Waals surface area contributed by atoms with Gasteiger partial charge in [0.1, 0.15) is 0 Å². The second kappa shape index (κ2) is 5.80. The molecule has 1 aliphatic heterocycles. The van der Waals surface area contributed by atoms with Crippen LogP contribution in [0.4, 0.5) is 5.69 Å². The van der Waals surface area contributed by atoms with Gasteiger partial charge in [0.05, 0.1) is 30.0 Å². The van der Waals surface area contributed by atoms with Gasteiger partial charge >= 0.3 is 5.97 Å². The number of hydrogen-bond donors (Lipinski definition) is 1. The van der Waals surface area contributed by atoms with Crippen LogP contribution in [0.5, 0.6) is 0 Å². The Balaban J connectivity index is 2.40. The Morgan fingerprint density at radius 2 is 2.32 bits per heavy atom. The van der Waals surface area contributed by atoms with E-state index in [1.807, 2.05) is 6.92 Å². The molecule has 1 N–H and O–H groups in total. The lowest BCUT2D eigenvalue weighted by Gasteiger charge is -2.40. The van der Waals surface area contributed by atoms with E-state index in [2.05, 4.69) is 11.8 Å². The van der Waals surface area contributed by atoms with Crippen LogP contribution in [0, 0.1) is 0 Å². The number of nitrogens with zero attached hydrogens (tertiary/aromatic N) is 1. The van der Waals surface area contributed by atoms with E-state index in [0.717, 1.165) is 12.1 Å². The van der Waals surface area contributed by atoms with Crippen LogP contribution in [0.25, 0.3) is 0 Å². The van der Waals surface area contributed by atoms with E-state index in [0.29, 0.717) is 18.2 Å². The minimum absolute atomic E-state index is 0.0973. The molecule has 1 aromatic carbocycles. The Morgan fingerprint density at radius 1 is 1.58 bits per heavy atom. The molecule has 0 radical (unpaired) electrons. The van der Waals surface area contributed by atoms with E-state index in [1.165, 1.54) is 6.07 Å². The van der Waals surface area contributed by atoms with E-state index in [1.54, 1.807) is 12.1 Å². The molecule has 1 aromatic rings. The van der Waals surface area contributed by atoms with Gasteiger partial charge in [-0.15, -0.1) is 0 Å². The minimum atomic E-state index is -0.952. The molecule has 4 nitrogen and oxygen atoms in total. The highest BCUT2D eigenvalue weighted by Crippen LogP contribution is 2.29. The summed E-state index contributed by atoms with van der Waals surface area (Å²) in [6.45, 7) is 5.39. The number of benzene rings is 1. The van der Waals surface area contributed by atoms with Crippen molar-refractivity contribution in [2.45, 2.75) is 32.4 Å². The third-order valence-electron chi connectivity index (χ3n) is 3.44. The average molecular weight is 284 g/mol. The van der Waals surface area contributed by atoms with Crippen molar-refractivity contribution < 1.29 is 14.6 Å². The second-order valence-electron chi connectivity index (χ2n) is 4.83. The quantitative estimate of drug-likeness (QED) is 0.926. The summed E-state index contributed by atoms with van der Waals surface area (Å²) in [5, 5.41) is 9.77. The molecule has 1 heterocycles. The largest absolute Gasteiger partial charge is 0.478 e. The summed E-state index contributed by atoms with van der Waals surface area (Å²) in [5.41, 5.74) is 0.971. The third kappa shape index (κ3) is 3.01. The number of ether oxygens (including phenoxy) is 1. The van der Waals surface area contributed by atoms with Crippen molar-refractivity contribution in [1.82, 2.24) is 0 Å². The Labute approximate surface area is 117 Å². The zero-order valence-electron chi connectivity index (χ0n) is 11.1. The Kier molecular flexibility index (Phi) is 4.32. The first kappa shape index (κ1) is 14.2. The van der Waals surface area contributed by atoms with Gasteiger partial charge in [-0.25, -0.2) is 4.79 Å². The number of anilines is 1. The lowest BCUT2D eigenvalue weighted by atomic mass is 10.1. The molecule has 0 spiro atoms. The number of carboxylic acid groups (broad SMARTS) is 1. The molecule has 1 fully saturated rings. The molecule has 0 saturated carbocycles. The van der Waals surface area contributed by atoms with E-state index < -0.39 is 5.97 Å². The van der Waals surface area contributed by atoms with Gasteiger partial charge in [0.25, 0.3) is 0 Å². The van der Waals surface area contributed by atoms with Crippen molar-refractivity contribution >= 4 is 23.3 Å². The zero-order valence-corrected chi connectivity index (χ0v) is 11.9. The van der Waals surface area contributed by atoms with Crippen LogP contribution < -0.4 is 4.90 Å². The smallest absolute Gasteiger partial charge is 0.337 e. The summed E-state index contributed by atoms with van der Waals surface area (Å²) in [7, 11) is 0. The first-order chi connectivity index (χ1) is 9.02. The molecule has 0 aliphatic carbocycles. The first-order valence-electron chi connectivity index (χ1n) is 6.44. The Bertz CT molecular complexity index is 478.